The summed E-state index contributed by atoms with van der Waals surface area (Å²) in [7, 11) is 0. The Kier molecular flexibility index (Phi) is 7.15. The molecule has 2 aromatic rings. The number of nitriles is 1. The Morgan fingerprint density at radius 3 is 2.60 bits per heavy atom. The molecule has 1 saturated heterocycles. The number of rotatable bonds is 7. The van der Waals surface area contributed by atoms with E-state index in [0.717, 1.165) is 11.3 Å². The number of para-hydroxylation sites is 1. The van der Waals surface area contributed by atoms with Gasteiger partial charge in [0, 0.05) is 6.04 Å². The molecule has 7 heteroatoms. The Labute approximate surface area is 180 Å². The number of benzene rings is 2. The summed E-state index contributed by atoms with van der Waals surface area (Å²) in [6, 6.07) is 16.9. The zero-order valence-electron chi connectivity index (χ0n) is 17.2. The van der Waals surface area contributed by atoms with Gasteiger partial charge < -0.3 is 9.47 Å². The standard InChI is InChI=1S/C23H23N3O3S/c1-4-28-20-14-17(10-11-19(20)29-13-12-24)15-21-22(27)26(16(2)3)23(30-21)25-18-8-6-5-7-9-18/h5-11,14-16H,4,13H2,1-3H3/b21-15+,25-23?. The maximum Gasteiger partial charge on any atom is 0.266 e. The summed E-state index contributed by atoms with van der Waals surface area (Å²) in [6.07, 6.45) is 1.83. The maximum absolute atomic E-state index is 13.0. The monoisotopic (exact) mass is 421 g/mol. The van der Waals surface area contributed by atoms with Gasteiger partial charge in [-0.05, 0) is 68.4 Å². The van der Waals surface area contributed by atoms with Crippen LogP contribution in [0.4, 0.5) is 5.69 Å². The van der Waals surface area contributed by atoms with Crippen LogP contribution in [0.15, 0.2) is 58.4 Å². The lowest BCUT2D eigenvalue weighted by molar-refractivity contribution is -0.123. The molecule has 2 aromatic carbocycles. The highest BCUT2D eigenvalue weighted by Gasteiger charge is 2.35. The van der Waals surface area contributed by atoms with Crippen LogP contribution >= 0.6 is 11.8 Å². The van der Waals surface area contributed by atoms with E-state index in [4.69, 9.17) is 14.7 Å². The third kappa shape index (κ3) is 5.02. The average Bonchev–Trinajstić information content (AvgIpc) is 3.03. The number of carbonyl (C=O) groups excluding carboxylic acids is 1. The van der Waals surface area contributed by atoms with E-state index in [0.29, 0.717) is 28.2 Å². The fourth-order valence-electron chi connectivity index (χ4n) is 2.90. The van der Waals surface area contributed by atoms with Gasteiger partial charge in [0.15, 0.2) is 23.3 Å². The Morgan fingerprint density at radius 1 is 1.17 bits per heavy atom. The molecule has 0 unspecified atom stereocenters. The molecule has 1 aliphatic heterocycles. The van der Waals surface area contributed by atoms with Crippen LogP contribution in [-0.4, -0.2) is 35.2 Å². The lowest BCUT2D eigenvalue weighted by Gasteiger charge is -2.19. The van der Waals surface area contributed by atoms with Crippen molar-refractivity contribution in [2.45, 2.75) is 26.8 Å². The summed E-state index contributed by atoms with van der Waals surface area (Å²) in [4.78, 5) is 20.0. The van der Waals surface area contributed by atoms with Gasteiger partial charge >= 0.3 is 0 Å². The van der Waals surface area contributed by atoms with Gasteiger partial charge in [-0.15, -0.1) is 0 Å². The van der Waals surface area contributed by atoms with E-state index in [-0.39, 0.29) is 18.6 Å². The van der Waals surface area contributed by atoms with Gasteiger partial charge in [0.05, 0.1) is 17.2 Å². The van der Waals surface area contributed by atoms with Crippen molar-refractivity contribution in [3.8, 4) is 17.6 Å². The minimum absolute atomic E-state index is 0.0147. The van der Waals surface area contributed by atoms with Crippen molar-refractivity contribution < 1.29 is 14.3 Å². The summed E-state index contributed by atoms with van der Waals surface area (Å²) in [6.45, 7) is 6.22. The van der Waals surface area contributed by atoms with Crippen LogP contribution in [0.5, 0.6) is 11.5 Å². The number of hydrogen-bond acceptors (Lipinski definition) is 6. The molecule has 0 aliphatic carbocycles. The molecule has 0 N–H and O–H groups in total. The van der Waals surface area contributed by atoms with Crippen LogP contribution in [0.1, 0.15) is 26.3 Å². The van der Waals surface area contributed by atoms with Crippen LogP contribution in [0.25, 0.3) is 6.08 Å². The zero-order valence-corrected chi connectivity index (χ0v) is 18.0. The van der Waals surface area contributed by atoms with Crippen LogP contribution in [0.3, 0.4) is 0 Å². The van der Waals surface area contributed by atoms with E-state index < -0.39 is 0 Å². The first kappa shape index (κ1) is 21.5. The fraction of sp³-hybridized carbons (Fsp3) is 0.261. The summed E-state index contributed by atoms with van der Waals surface area (Å²) in [5.41, 5.74) is 1.61. The molecule has 1 aliphatic rings. The second-order valence-corrected chi connectivity index (χ2v) is 7.70. The Morgan fingerprint density at radius 2 is 1.93 bits per heavy atom. The minimum Gasteiger partial charge on any atom is -0.490 e. The number of carbonyl (C=O) groups is 1. The average molecular weight is 422 g/mol. The van der Waals surface area contributed by atoms with Crippen LogP contribution in [0, 0.1) is 11.3 Å². The molecular weight excluding hydrogens is 398 g/mol. The van der Waals surface area contributed by atoms with Crippen molar-refractivity contribution in [3.05, 3.63) is 59.0 Å². The van der Waals surface area contributed by atoms with Crippen LogP contribution in [0.2, 0.25) is 0 Å². The zero-order chi connectivity index (χ0) is 21.5. The molecule has 0 spiro atoms. The third-order valence-corrected chi connectivity index (χ3v) is 5.17. The molecule has 0 atom stereocenters. The number of amidine groups is 1. The summed E-state index contributed by atoms with van der Waals surface area (Å²) in [5.74, 6) is 0.963. The van der Waals surface area contributed by atoms with Gasteiger partial charge in [-0.2, -0.15) is 5.26 Å². The molecule has 154 valence electrons. The molecule has 0 saturated carbocycles. The number of ether oxygens (including phenoxy) is 2. The van der Waals surface area contributed by atoms with Gasteiger partial charge in [-0.25, -0.2) is 4.99 Å². The van der Waals surface area contributed by atoms with E-state index >= 15 is 0 Å². The molecule has 0 radical (unpaired) electrons. The highest BCUT2D eigenvalue weighted by Crippen LogP contribution is 2.36. The predicted octanol–water partition coefficient (Wildman–Crippen LogP) is 5.00. The van der Waals surface area contributed by atoms with Gasteiger partial charge in [0.25, 0.3) is 5.91 Å². The fourth-order valence-corrected chi connectivity index (χ4v) is 4.02. The van der Waals surface area contributed by atoms with Gasteiger partial charge in [-0.3, -0.25) is 9.69 Å². The topological polar surface area (TPSA) is 74.9 Å². The van der Waals surface area contributed by atoms with Crippen molar-refractivity contribution in [1.29, 1.82) is 5.26 Å². The molecule has 30 heavy (non-hydrogen) atoms. The molecule has 1 fully saturated rings. The van der Waals surface area contributed by atoms with E-state index in [1.54, 1.807) is 11.0 Å². The van der Waals surface area contributed by atoms with E-state index in [2.05, 4.69) is 4.99 Å². The van der Waals surface area contributed by atoms with E-state index in [1.165, 1.54) is 11.8 Å². The van der Waals surface area contributed by atoms with Crippen molar-refractivity contribution in [2.24, 2.45) is 4.99 Å². The van der Waals surface area contributed by atoms with Gasteiger partial charge in [0.1, 0.15) is 6.07 Å². The summed E-state index contributed by atoms with van der Waals surface area (Å²) >= 11 is 1.35. The largest absolute Gasteiger partial charge is 0.490 e. The predicted molar refractivity (Wildman–Crippen MR) is 120 cm³/mol. The van der Waals surface area contributed by atoms with Crippen molar-refractivity contribution in [2.75, 3.05) is 13.2 Å². The molecule has 1 heterocycles. The lowest BCUT2D eigenvalue weighted by atomic mass is 10.1. The molecule has 0 aromatic heterocycles. The van der Waals surface area contributed by atoms with Crippen molar-refractivity contribution in [1.82, 2.24) is 4.90 Å². The highest BCUT2D eigenvalue weighted by molar-refractivity contribution is 8.18. The number of aliphatic imine (C=N–C) groups is 1. The van der Waals surface area contributed by atoms with E-state index in [9.17, 15) is 4.79 Å². The molecule has 6 nitrogen and oxygen atoms in total. The molecular formula is C23H23N3O3S. The second-order valence-electron chi connectivity index (χ2n) is 6.70. The SMILES string of the molecule is CCOc1cc(/C=C2/SC(=Nc3ccccc3)N(C(C)C)C2=O)ccc1OCC#N. The Bertz CT molecular complexity index is 1010. The maximum atomic E-state index is 13.0. The number of amides is 1. The van der Waals surface area contributed by atoms with Gasteiger partial charge in [-0.1, -0.05) is 24.3 Å². The smallest absolute Gasteiger partial charge is 0.266 e. The highest BCUT2D eigenvalue weighted by atomic mass is 32.2. The molecule has 1 amide bonds. The normalized spacial score (nSPS) is 16.4. The first-order valence-corrected chi connectivity index (χ1v) is 10.5. The lowest BCUT2D eigenvalue weighted by Crippen LogP contribution is -2.35. The van der Waals surface area contributed by atoms with E-state index in [1.807, 2.05) is 75.4 Å². The van der Waals surface area contributed by atoms with Crippen LogP contribution < -0.4 is 9.47 Å². The first-order valence-electron chi connectivity index (χ1n) is 9.67. The first-order chi connectivity index (χ1) is 14.5. The van der Waals surface area contributed by atoms with Crippen LogP contribution in [-0.2, 0) is 4.79 Å². The Balaban J connectivity index is 1.93. The molecule has 0 bridgehead atoms. The van der Waals surface area contributed by atoms with Crippen molar-refractivity contribution >= 4 is 34.6 Å². The van der Waals surface area contributed by atoms with Crippen molar-refractivity contribution in [3.63, 3.8) is 0 Å². The molecule has 3 rings (SSSR count). The number of nitrogens with zero attached hydrogens (tertiary/aromatic N) is 3. The Hall–Kier alpha value is -3.24. The summed E-state index contributed by atoms with van der Waals surface area (Å²) < 4.78 is 11.0. The van der Waals surface area contributed by atoms with Gasteiger partial charge in [0.2, 0.25) is 0 Å². The summed E-state index contributed by atoms with van der Waals surface area (Å²) in [5, 5.41) is 9.40. The quantitative estimate of drug-likeness (QED) is 0.588. The number of hydrogen-bond donors (Lipinski definition) is 0. The third-order valence-electron chi connectivity index (χ3n) is 4.19. The second kappa shape index (κ2) is 9.99. The minimum atomic E-state index is -0.0764. The number of thioether (sulfide) groups is 1.